The molecule has 3 aromatic carbocycles. The van der Waals surface area contributed by atoms with E-state index in [2.05, 4.69) is 5.32 Å². The molecule has 0 radical (unpaired) electrons. The summed E-state index contributed by atoms with van der Waals surface area (Å²) in [5.41, 5.74) is 2.81. The Morgan fingerprint density at radius 3 is 2.17 bits per heavy atom. The molecule has 0 saturated carbocycles. The van der Waals surface area contributed by atoms with Gasteiger partial charge in [0.1, 0.15) is 17.3 Å². The second kappa shape index (κ2) is 9.07. The number of ether oxygens (including phenoxy) is 1. The number of aliphatic imine (C=N–C) groups is 1. The molecule has 4 aromatic rings. The Bertz CT molecular complexity index is 1420. The largest absolute Gasteiger partial charge is 0.497 e. The van der Waals surface area contributed by atoms with Gasteiger partial charge in [0.2, 0.25) is 5.88 Å². The van der Waals surface area contributed by atoms with E-state index in [4.69, 9.17) is 9.73 Å². The van der Waals surface area contributed by atoms with Crippen LogP contribution in [0.15, 0.2) is 77.8 Å². The molecule has 36 heavy (non-hydrogen) atoms. The van der Waals surface area contributed by atoms with E-state index in [1.54, 1.807) is 31.4 Å². The molecule has 9 heteroatoms. The van der Waals surface area contributed by atoms with Crippen molar-refractivity contribution in [3.05, 3.63) is 95.3 Å². The van der Waals surface area contributed by atoms with Gasteiger partial charge in [-0.15, -0.1) is 0 Å². The van der Waals surface area contributed by atoms with E-state index in [9.17, 15) is 22.7 Å². The van der Waals surface area contributed by atoms with Crippen LogP contribution in [-0.4, -0.2) is 35.6 Å². The minimum absolute atomic E-state index is 0.188. The zero-order valence-electron chi connectivity index (χ0n) is 19.1. The summed E-state index contributed by atoms with van der Waals surface area (Å²) in [5.74, 6) is 0.0336. The van der Waals surface area contributed by atoms with E-state index in [0.29, 0.717) is 52.7 Å². The van der Waals surface area contributed by atoms with Gasteiger partial charge in [-0.2, -0.15) is 13.2 Å². The monoisotopic (exact) mass is 495 g/mol. The molecule has 5 nitrogen and oxygen atoms in total. The number of nitrogens with zero attached hydrogens (tertiary/aromatic N) is 2. The first-order chi connectivity index (χ1) is 17.3. The van der Waals surface area contributed by atoms with Gasteiger partial charge < -0.3 is 15.2 Å². The van der Waals surface area contributed by atoms with Crippen LogP contribution < -0.4 is 10.1 Å². The number of rotatable bonds is 4. The van der Waals surface area contributed by atoms with Crippen molar-refractivity contribution in [1.82, 2.24) is 4.57 Å². The quantitative estimate of drug-likeness (QED) is 0.328. The first-order valence-corrected chi connectivity index (χ1v) is 11.1. The standard InChI is InChI=1S/C27H21F4N3O2/c1-36-21-12-4-16(5-13-21)23-22-24(33-15-14-32-23)26(35)34(25(22)17-2-8-19(28)9-3-17)20-10-6-18(7-11-20)27(29,30)31/h2-13,33,35H,14-15H2,1H3. The zero-order chi connectivity index (χ0) is 25.4. The second-order valence-electron chi connectivity index (χ2n) is 8.19. The van der Waals surface area contributed by atoms with Crippen molar-refractivity contribution < 1.29 is 27.4 Å². The number of methoxy groups -OCH3 is 1. The molecule has 0 bridgehead atoms. The van der Waals surface area contributed by atoms with Gasteiger partial charge in [0.15, 0.2) is 0 Å². The van der Waals surface area contributed by atoms with Gasteiger partial charge in [0, 0.05) is 17.8 Å². The third kappa shape index (κ3) is 4.17. The maximum Gasteiger partial charge on any atom is 0.416 e. The summed E-state index contributed by atoms with van der Waals surface area (Å²) in [6, 6.07) is 17.5. The number of hydrogen-bond donors (Lipinski definition) is 2. The molecule has 0 aliphatic carbocycles. The van der Waals surface area contributed by atoms with Crippen molar-refractivity contribution in [2.75, 3.05) is 25.5 Å². The minimum atomic E-state index is -4.50. The molecule has 184 valence electrons. The topological polar surface area (TPSA) is 58.8 Å². The molecular weight excluding hydrogens is 474 g/mol. The second-order valence-corrected chi connectivity index (χ2v) is 8.19. The molecule has 0 amide bonds. The fourth-order valence-electron chi connectivity index (χ4n) is 4.30. The fraction of sp³-hybridized carbons (Fsp3) is 0.148. The number of alkyl halides is 3. The fourth-order valence-corrected chi connectivity index (χ4v) is 4.30. The third-order valence-corrected chi connectivity index (χ3v) is 6.00. The van der Waals surface area contributed by atoms with Gasteiger partial charge in [0.25, 0.3) is 0 Å². The van der Waals surface area contributed by atoms with Gasteiger partial charge in [-0.1, -0.05) is 0 Å². The lowest BCUT2D eigenvalue weighted by Gasteiger charge is -2.15. The summed E-state index contributed by atoms with van der Waals surface area (Å²) >= 11 is 0. The number of nitrogens with one attached hydrogen (secondary N) is 1. The summed E-state index contributed by atoms with van der Waals surface area (Å²) in [6.45, 7) is 0.860. The van der Waals surface area contributed by atoms with Gasteiger partial charge in [0.05, 0.1) is 36.2 Å². The number of halogens is 4. The van der Waals surface area contributed by atoms with Gasteiger partial charge in [-0.25, -0.2) is 4.39 Å². The Labute approximate surface area is 204 Å². The Hall–Kier alpha value is -4.27. The molecule has 1 aliphatic heterocycles. The Morgan fingerprint density at radius 1 is 0.917 bits per heavy atom. The predicted molar refractivity (Wildman–Crippen MR) is 130 cm³/mol. The van der Waals surface area contributed by atoms with Crippen molar-refractivity contribution in [2.45, 2.75) is 6.18 Å². The number of benzene rings is 3. The van der Waals surface area contributed by atoms with Gasteiger partial charge >= 0.3 is 6.18 Å². The average molecular weight is 495 g/mol. The highest BCUT2D eigenvalue weighted by atomic mass is 19.4. The average Bonchev–Trinajstić information content (AvgIpc) is 3.01. The van der Waals surface area contributed by atoms with Crippen molar-refractivity contribution in [1.29, 1.82) is 0 Å². The Morgan fingerprint density at radius 2 is 1.56 bits per heavy atom. The lowest BCUT2D eigenvalue weighted by atomic mass is 9.97. The van der Waals surface area contributed by atoms with Crippen molar-refractivity contribution in [2.24, 2.45) is 4.99 Å². The third-order valence-electron chi connectivity index (χ3n) is 6.00. The van der Waals surface area contributed by atoms with E-state index in [0.717, 1.165) is 17.7 Å². The smallest absolute Gasteiger partial charge is 0.416 e. The summed E-state index contributed by atoms with van der Waals surface area (Å²) in [4.78, 5) is 4.75. The SMILES string of the molecule is COc1ccc(C2=NCCNc3c2c(-c2ccc(F)cc2)n(-c2ccc(C(F)(F)F)cc2)c3O)cc1. The highest BCUT2D eigenvalue weighted by molar-refractivity contribution is 6.20. The van der Waals surface area contributed by atoms with Crippen molar-refractivity contribution in [3.63, 3.8) is 0 Å². The number of anilines is 1. The normalized spacial score (nSPS) is 13.4. The van der Waals surface area contributed by atoms with E-state index >= 15 is 0 Å². The van der Waals surface area contributed by atoms with Crippen LogP contribution in [0.2, 0.25) is 0 Å². The number of hydrogen-bond acceptors (Lipinski definition) is 4. The summed E-state index contributed by atoms with van der Waals surface area (Å²) < 4.78 is 60.0. The summed E-state index contributed by atoms with van der Waals surface area (Å²) in [7, 11) is 1.56. The van der Waals surface area contributed by atoms with Crippen LogP contribution in [0.3, 0.4) is 0 Å². The van der Waals surface area contributed by atoms with Crippen LogP contribution in [0.1, 0.15) is 16.7 Å². The Balaban J connectivity index is 1.78. The van der Waals surface area contributed by atoms with Crippen LogP contribution in [0.25, 0.3) is 16.9 Å². The van der Waals surface area contributed by atoms with Crippen LogP contribution in [0.5, 0.6) is 11.6 Å². The van der Waals surface area contributed by atoms with E-state index in [1.165, 1.54) is 28.8 Å². The first kappa shape index (κ1) is 23.5. The highest BCUT2D eigenvalue weighted by Crippen LogP contribution is 2.44. The van der Waals surface area contributed by atoms with Crippen molar-refractivity contribution >= 4 is 11.4 Å². The van der Waals surface area contributed by atoms with Crippen LogP contribution in [0, 0.1) is 5.82 Å². The van der Waals surface area contributed by atoms with Crippen molar-refractivity contribution in [3.8, 4) is 28.6 Å². The Kier molecular flexibility index (Phi) is 5.91. The number of aromatic hydroxyl groups is 1. The summed E-state index contributed by atoms with van der Waals surface area (Å²) in [6.07, 6.45) is -4.50. The zero-order valence-corrected chi connectivity index (χ0v) is 19.1. The van der Waals surface area contributed by atoms with E-state index in [-0.39, 0.29) is 5.88 Å². The maximum absolute atomic E-state index is 13.8. The van der Waals surface area contributed by atoms with E-state index < -0.39 is 17.6 Å². The molecule has 2 heterocycles. The molecule has 2 N–H and O–H groups in total. The summed E-state index contributed by atoms with van der Waals surface area (Å²) in [5, 5.41) is 14.6. The van der Waals surface area contributed by atoms with E-state index in [1.807, 2.05) is 12.1 Å². The molecule has 5 rings (SSSR count). The maximum atomic E-state index is 13.8. The lowest BCUT2D eigenvalue weighted by molar-refractivity contribution is -0.137. The molecule has 0 spiro atoms. The molecule has 1 aromatic heterocycles. The molecule has 0 fully saturated rings. The van der Waals surface area contributed by atoms with Crippen LogP contribution >= 0.6 is 0 Å². The van der Waals surface area contributed by atoms with Crippen LogP contribution in [0.4, 0.5) is 23.2 Å². The number of aromatic nitrogens is 1. The van der Waals surface area contributed by atoms with Gasteiger partial charge in [-0.05, 0) is 78.4 Å². The van der Waals surface area contributed by atoms with Crippen LogP contribution in [-0.2, 0) is 6.18 Å². The molecule has 0 saturated heterocycles. The molecule has 0 unspecified atom stereocenters. The van der Waals surface area contributed by atoms with Gasteiger partial charge in [-0.3, -0.25) is 9.56 Å². The highest BCUT2D eigenvalue weighted by Gasteiger charge is 2.32. The molecule has 1 aliphatic rings. The first-order valence-electron chi connectivity index (χ1n) is 11.1. The molecular formula is C27H21F4N3O2. The molecule has 0 atom stereocenters. The minimum Gasteiger partial charge on any atom is -0.497 e. The number of fused-ring (bicyclic) bond motifs is 1. The predicted octanol–water partition coefficient (Wildman–Crippen LogP) is 6.28. The lowest BCUT2D eigenvalue weighted by Crippen LogP contribution is -2.08.